The van der Waals surface area contributed by atoms with E-state index in [1.165, 1.54) is 30.3 Å². The smallest absolute Gasteiger partial charge is 0.379 e. The van der Waals surface area contributed by atoms with Crippen LogP contribution in [-0.4, -0.2) is 60.2 Å². The van der Waals surface area contributed by atoms with Gasteiger partial charge in [-0.1, -0.05) is 54.6 Å². The van der Waals surface area contributed by atoms with Gasteiger partial charge < -0.3 is 14.2 Å². The molecule has 52 heavy (non-hydrogen) atoms. The minimum Gasteiger partial charge on any atom is -0.379 e. The first-order valence-electron chi connectivity index (χ1n) is 17.0. The van der Waals surface area contributed by atoms with Gasteiger partial charge in [0, 0.05) is 49.5 Å². The van der Waals surface area contributed by atoms with Gasteiger partial charge in [-0.25, -0.2) is 8.78 Å². The number of aryl methyl sites for hydroxylation is 1. The third-order valence-corrected chi connectivity index (χ3v) is 10.3. The van der Waals surface area contributed by atoms with Gasteiger partial charge in [0.1, 0.15) is 6.54 Å². The summed E-state index contributed by atoms with van der Waals surface area (Å²) in [7, 11) is 1.67. The molecule has 0 aliphatic carbocycles. The number of hydrogen-bond acceptors (Lipinski definition) is 5. The number of alkyl halides is 3. The fourth-order valence-corrected chi connectivity index (χ4v) is 7.28. The van der Waals surface area contributed by atoms with Gasteiger partial charge in [-0.05, 0) is 72.0 Å². The average molecular weight is 736 g/mol. The molecule has 2 heterocycles. The zero-order valence-corrected chi connectivity index (χ0v) is 29.4. The Hall–Kier alpha value is -4.52. The summed E-state index contributed by atoms with van der Waals surface area (Å²) in [6.07, 6.45) is -2.74. The highest BCUT2D eigenvalue weighted by molar-refractivity contribution is 7.98. The summed E-state index contributed by atoms with van der Waals surface area (Å²) in [4.78, 5) is 31.1. The maximum Gasteiger partial charge on any atom is 0.416 e. The summed E-state index contributed by atoms with van der Waals surface area (Å²) >= 11 is 1.16. The fourth-order valence-electron chi connectivity index (χ4n) is 6.25. The van der Waals surface area contributed by atoms with Gasteiger partial charge in [0.25, 0.3) is 0 Å². The second kappa shape index (κ2) is 16.4. The summed E-state index contributed by atoms with van der Waals surface area (Å²) in [5.74, 6) is -2.11. The van der Waals surface area contributed by atoms with Crippen molar-refractivity contribution in [2.45, 2.75) is 42.9 Å². The third-order valence-electron chi connectivity index (χ3n) is 9.23. The Morgan fingerprint density at radius 2 is 1.56 bits per heavy atom. The number of amides is 1. The number of carbonyl (C=O) groups is 1. The number of ether oxygens (including phenoxy) is 1. The number of aromatic nitrogens is 1. The fraction of sp³-hybridized carbons (Fsp3) is 0.300. The van der Waals surface area contributed by atoms with Crippen molar-refractivity contribution in [2.75, 3.05) is 39.9 Å². The van der Waals surface area contributed by atoms with Gasteiger partial charge >= 0.3 is 6.18 Å². The predicted octanol–water partition coefficient (Wildman–Crippen LogP) is 8.18. The summed E-state index contributed by atoms with van der Waals surface area (Å²) in [5, 5.41) is 0.904. The molecule has 0 unspecified atom stereocenters. The first kappa shape index (κ1) is 37.2. The van der Waals surface area contributed by atoms with E-state index in [0.29, 0.717) is 21.5 Å². The van der Waals surface area contributed by atoms with Crippen LogP contribution in [0.2, 0.25) is 0 Å². The molecule has 1 fully saturated rings. The van der Waals surface area contributed by atoms with Crippen molar-refractivity contribution in [3.63, 3.8) is 0 Å². The maximum atomic E-state index is 14.6. The quantitative estimate of drug-likeness (QED) is 0.0957. The van der Waals surface area contributed by atoms with Crippen molar-refractivity contribution in [2.24, 2.45) is 0 Å². The van der Waals surface area contributed by atoms with Crippen molar-refractivity contribution >= 4 is 28.6 Å². The summed E-state index contributed by atoms with van der Waals surface area (Å²) in [6.45, 7) is 4.29. The van der Waals surface area contributed by atoms with E-state index >= 15 is 0 Å². The van der Waals surface area contributed by atoms with E-state index in [4.69, 9.17) is 4.74 Å². The number of hydrogen-bond donors (Lipinski definition) is 0. The second-order valence-corrected chi connectivity index (χ2v) is 13.9. The number of fused-ring (bicyclic) bond motifs is 1. The molecular weight excluding hydrogens is 698 g/mol. The highest BCUT2D eigenvalue weighted by Crippen LogP contribution is 2.31. The molecule has 0 spiro atoms. The summed E-state index contributed by atoms with van der Waals surface area (Å²) in [6, 6.07) is 23.3. The first-order chi connectivity index (χ1) is 25.0. The Morgan fingerprint density at radius 1 is 0.885 bits per heavy atom. The molecule has 6 rings (SSSR count). The SMILES string of the molecule is CN(Cc1ccc(-c2ccc(C(F)(F)F)cc2)cc1)C(=O)Cn1c(SCc2cccc(F)c2F)cc(=O)c2ccc(CCCN3CCOCC3)cc21. The largest absolute Gasteiger partial charge is 0.416 e. The molecule has 0 atom stereocenters. The Labute approximate surface area is 302 Å². The van der Waals surface area contributed by atoms with Crippen LogP contribution in [0.1, 0.15) is 28.7 Å². The van der Waals surface area contributed by atoms with E-state index in [1.807, 2.05) is 24.3 Å². The molecule has 0 radical (unpaired) electrons. The van der Waals surface area contributed by atoms with Crippen molar-refractivity contribution in [3.8, 4) is 11.1 Å². The Kier molecular flexibility index (Phi) is 11.8. The Balaban J connectivity index is 1.22. The number of morpholine rings is 1. The van der Waals surface area contributed by atoms with Crippen LogP contribution in [0.25, 0.3) is 22.0 Å². The molecule has 1 aliphatic rings. The van der Waals surface area contributed by atoms with E-state index in [9.17, 15) is 31.5 Å². The van der Waals surface area contributed by atoms with E-state index in [2.05, 4.69) is 4.90 Å². The summed E-state index contributed by atoms with van der Waals surface area (Å²) in [5.41, 5.74) is 2.98. The van der Waals surface area contributed by atoms with Crippen LogP contribution in [0.4, 0.5) is 22.0 Å². The molecule has 1 aromatic heterocycles. The molecule has 1 saturated heterocycles. The van der Waals surface area contributed by atoms with Crippen molar-refractivity contribution in [1.82, 2.24) is 14.4 Å². The molecule has 1 aliphatic heterocycles. The molecule has 4 aromatic carbocycles. The van der Waals surface area contributed by atoms with Crippen LogP contribution in [-0.2, 0) is 41.0 Å². The van der Waals surface area contributed by atoms with Crippen molar-refractivity contribution in [3.05, 3.63) is 135 Å². The molecule has 12 heteroatoms. The lowest BCUT2D eigenvalue weighted by Crippen LogP contribution is -2.36. The number of likely N-dealkylation sites (N-methyl/N-ethyl adjacent to an activating group) is 1. The maximum absolute atomic E-state index is 14.6. The van der Waals surface area contributed by atoms with Crippen LogP contribution in [0, 0.1) is 11.6 Å². The number of nitrogens with zero attached hydrogens (tertiary/aromatic N) is 3. The third kappa shape index (κ3) is 9.09. The lowest BCUT2D eigenvalue weighted by Gasteiger charge is -2.26. The molecule has 5 aromatic rings. The first-order valence-corrected chi connectivity index (χ1v) is 18.0. The monoisotopic (exact) mass is 735 g/mol. The number of benzene rings is 4. The second-order valence-electron chi connectivity index (χ2n) is 12.9. The van der Waals surface area contributed by atoms with Gasteiger partial charge in [-0.2, -0.15) is 13.2 Å². The van der Waals surface area contributed by atoms with Crippen LogP contribution in [0.15, 0.2) is 101 Å². The molecule has 0 bridgehead atoms. The van der Waals surface area contributed by atoms with Gasteiger partial charge in [0.05, 0.1) is 29.3 Å². The standard InChI is InChI=1S/C40H38F5N3O3S/c1-46(24-28-7-10-29(11-8-28)30-12-14-32(15-13-30)40(43,44)45)37(50)25-48-35-22-27(4-3-17-47-18-20-51-21-19-47)9-16-33(35)36(49)23-38(48)52-26-31-5-2-6-34(41)39(31)42/h2,5-16,22-23H,3-4,17-21,24-26H2,1H3. The lowest BCUT2D eigenvalue weighted by atomic mass is 10.0. The topological polar surface area (TPSA) is 54.8 Å². The molecule has 0 saturated carbocycles. The number of pyridine rings is 1. The highest BCUT2D eigenvalue weighted by atomic mass is 32.2. The molecule has 6 nitrogen and oxygen atoms in total. The van der Waals surface area contributed by atoms with E-state index < -0.39 is 23.4 Å². The molecule has 0 N–H and O–H groups in total. The number of halogens is 5. The van der Waals surface area contributed by atoms with Crippen LogP contribution in [0.3, 0.4) is 0 Å². The van der Waals surface area contributed by atoms with E-state index in [1.54, 1.807) is 34.7 Å². The van der Waals surface area contributed by atoms with Crippen molar-refractivity contribution in [1.29, 1.82) is 0 Å². The predicted molar refractivity (Wildman–Crippen MR) is 193 cm³/mol. The number of rotatable bonds is 12. The molecule has 272 valence electrons. The van der Waals surface area contributed by atoms with Gasteiger partial charge in [0.2, 0.25) is 5.91 Å². The van der Waals surface area contributed by atoms with Crippen LogP contribution in [0.5, 0.6) is 0 Å². The number of thioether (sulfide) groups is 1. The van der Waals surface area contributed by atoms with Gasteiger partial charge in [-0.15, -0.1) is 11.8 Å². The van der Waals surface area contributed by atoms with Crippen molar-refractivity contribution < 1.29 is 31.5 Å². The van der Waals surface area contributed by atoms with E-state index in [-0.39, 0.29) is 35.7 Å². The van der Waals surface area contributed by atoms with E-state index in [0.717, 1.165) is 92.3 Å². The van der Waals surface area contributed by atoms with Crippen LogP contribution < -0.4 is 5.43 Å². The molecular formula is C40H38F5N3O3S. The average Bonchev–Trinajstić information content (AvgIpc) is 3.14. The van der Waals surface area contributed by atoms with Gasteiger partial charge in [-0.3, -0.25) is 14.5 Å². The van der Waals surface area contributed by atoms with Crippen LogP contribution >= 0.6 is 11.8 Å². The lowest BCUT2D eigenvalue weighted by molar-refractivity contribution is -0.137. The number of carbonyl (C=O) groups excluding carboxylic acids is 1. The normalized spacial score (nSPS) is 13.8. The highest BCUT2D eigenvalue weighted by Gasteiger charge is 2.30. The summed E-state index contributed by atoms with van der Waals surface area (Å²) < 4.78 is 74.8. The van der Waals surface area contributed by atoms with Gasteiger partial charge in [0.15, 0.2) is 17.1 Å². The zero-order valence-electron chi connectivity index (χ0n) is 28.6. The molecule has 1 amide bonds. The Bertz CT molecular complexity index is 2080. The minimum atomic E-state index is -4.41. The zero-order chi connectivity index (χ0) is 36.8. The Morgan fingerprint density at radius 3 is 2.25 bits per heavy atom. The minimum absolute atomic E-state index is 0.0447.